The predicted octanol–water partition coefficient (Wildman–Crippen LogP) is 3.41. The van der Waals surface area contributed by atoms with Gasteiger partial charge in [0.1, 0.15) is 0 Å². The van der Waals surface area contributed by atoms with E-state index in [1.54, 1.807) is 0 Å². The van der Waals surface area contributed by atoms with Crippen LogP contribution in [0, 0.1) is 13.8 Å². The molecule has 0 saturated carbocycles. The van der Waals surface area contributed by atoms with Crippen molar-refractivity contribution in [2.75, 3.05) is 19.8 Å². The summed E-state index contributed by atoms with van der Waals surface area (Å²) >= 11 is 0. The molecule has 0 unspecified atom stereocenters. The number of phosphoric ester groups is 1. The van der Waals surface area contributed by atoms with Crippen molar-refractivity contribution in [3.63, 3.8) is 0 Å². The van der Waals surface area contributed by atoms with Gasteiger partial charge in [0, 0.05) is 0 Å². The largest absolute Gasteiger partial charge is 0.474 e. The number of aryl methyl sites for hydroxylation is 3. The highest BCUT2D eigenvalue weighted by Gasteiger charge is 2.31. The fraction of sp³-hybridized carbons (Fsp3) is 0.538. The van der Waals surface area contributed by atoms with Crippen LogP contribution < -0.4 is 0 Å². The van der Waals surface area contributed by atoms with Crippen LogP contribution in [0.2, 0.25) is 0 Å². The molecule has 0 amide bonds. The summed E-state index contributed by atoms with van der Waals surface area (Å²) in [6.45, 7) is 5.31. The molecule has 0 aliphatic carbocycles. The average Bonchev–Trinajstić information content (AvgIpc) is 2.77. The van der Waals surface area contributed by atoms with Crippen LogP contribution in [0.1, 0.15) is 23.1 Å². The molecule has 1 fully saturated rings. The summed E-state index contributed by atoms with van der Waals surface area (Å²) in [6, 6.07) is 6.42. The molecule has 1 aromatic carbocycles. The molecule has 100 valence electrons. The molecule has 1 heterocycles. The Morgan fingerprint density at radius 2 is 1.94 bits per heavy atom. The second kappa shape index (κ2) is 5.98. The minimum atomic E-state index is -3.21. The molecule has 18 heavy (non-hydrogen) atoms. The monoisotopic (exact) mass is 270 g/mol. The van der Waals surface area contributed by atoms with Crippen molar-refractivity contribution in [3.8, 4) is 0 Å². The van der Waals surface area contributed by atoms with Crippen LogP contribution in [0.4, 0.5) is 0 Å². The van der Waals surface area contributed by atoms with Crippen molar-refractivity contribution in [1.82, 2.24) is 0 Å². The summed E-state index contributed by atoms with van der Waals surface area (Å²) in [4.78, 5) is 0. The Kier molecular flexibility index (Phi) is 4.57. The molecule has 1 aromatic rings. The van der Waals surface area contributed by atoms with Crippen molar-refractivity contribution >= 4 is 7.82 Å². The fourth-order valence-electron chi connectivity index (χ4n) is 1.82. The van der Waals surface area contributed by atoms with Crippen molar-refractivity contribution < 1.29 is 18.1 Å². The molecule has 1 aliphatic rings. The zero-order chi connectivity index (χ0) is 13.0. The van der Waals surface area contributed by atoms with Crippen LogP contribution in [-0.2, 0) is 24.6 Å². The Bertz CT molecular complexity index is 448. The maximum Gasteiger partial charge on any atom is 0.474 e. The van der Waals surface area contributed by atoms with Gasteiger partial charge in [0.2, 0.25) is 0 Å². The topological polar surface area (TPSA) is 44.8 Å². The lowest BCUT2D eigenvalue weighted by Gasteiger charge is -2.09. The minimum absolute atomic E-state index is 0.356. The maximum atomic E-state index is 11.7. The third-order valence-corrected chi connectivity index (χ3v) is 4.51. The summed E-state index contributed by atoms with van der Waals surface area (Å²) in [5.74, 6) is 0. The van der Waals surface area contributed by atoms with E-state index in [0.29, 0.717) is 19.8 Å². The third kappa shape index (κ3) is 3.66. The molecule has 1 aliphatic heterocycles. The van der Waals surface area contributed by atoms with Gasteiger partial charge in [-0.2, -0.15) is 0 Å². The SMILES string of the molecule is Cc1ccc(CCCOP2(=O)OCCO2)cc1C. The molecular weight excluding hydrogens is 251 g/mol. The van der Waals surface area contributed by atoms with E-state index in [1.165, 1.54) is 16.7 Å². The van der Waals surface area contributed by atoms with Gasteiger partial charge in [-0.15, -0.1) is 0 Å². The predicted molar refractivity (Wildman–Crippen MR) is 69.7 cm³/mol. The zero-order valence-electron chi connectivity index (χ0n) is 10.8. The van der Waals surface area contributed by atoms with Crippen LogP contribution in [0.3, 0.4) is 0 Å². The van der Waals surface area contributed by atoms with Gasteiger partial charge in [0.05, 0.1) is 19.8 Å². The van der Waals surface area contributed by atoms with Gasteiger partial charge in [-0.1, -0.05) is 18.2 Å². The zero-order valence-corrected chi connectivity index (χ0v) is 11.7. The highest BCUT2D eigenvalue weighted by Crippen LogP contribution is 2.52. The normalized spacial score (nSPS) is 18.1. The van der Waals surface area contributed by atoms with Crippen LogP contribution in [0.15, 0.2) is 18.2 Å². The first-order valence-electron chi connectivity index (χ1n) is 6.19. The number of rotatable bonds is 5. The molecule has 0 aromatic heterocycles. The van der Waals surface area contributed by atoms with E-state index in [4.69, 9.17) is 13.6 Å². The molecular formula is C13H19O4P. The Morgan fingerprint density at radius 1 is 1.22 bits per heavy atom. The van der Waals surface area contributed by atoms with E-state index in [2.05, 4.69) is 32.0 Å². The van der Waals surface area contributed by atoms with Crippen LogP contribution in [0.25, 0.3) is 0 Å². The summed E-state index contributed by atoms with van der Waals surface area (Å²) in [7, 11) is -3.21. The molecule has 0 atom stereocenters. The van der Waals surface area contributed by atoms with Crippen LogP contribution in [-0.4, -0.2) is 19.8 Å². The minimum Gasteiger partial charge on any atom is -0.287 e. The number of hydrogen-bond acceptors (Lipinski definition) is 4. The lowest BCUT2D eigenvalue weighted by atomic mass is 10.0. The van der Waals surface area contributed by atoms with E-state index < -0.39 is 7.82 Å². The smallest absolute Gasteiger partial charge is 0.287 e. The Hall–Kier alpha value is -0.670. The summed E-state index contributed by atoms with van der Waals surface area (Å²) < 4.78 is 26.7. The molecule has 0 bridgehead atoms. The standard InChI is InChI=1S/C13H19O4P/c1-11-5-6-13(10-12(11)2)4-3-7-15-18(14)16-8-9-17-18/h5-6,10H,3-4,7-9H2,1-2H3. The van der Waals surface area contributed by atoms with Gasteiger partial charge in [-0.3, -0.25) is 13.6 Å². The third-order valence-electron chi connectivity index (χ3n) is 3.01. The Balaban J connectivity index is 1.75. The van der Waals surface area contributed by atoms with Gasteiger partial charge >= 0.3 is 7.82 Å². The van der Waals surface area contributed by atoms with E-state index in [-0.39, 0.29) is 0 Å². The molecule has 4 nitrogen and oxygen atoms in total. The first-order chi connectivity index (χ1) is 8.59. The molecule has 1 saturated heterocycles. The second-order valence-electron chi connectivity index (χ2n) is 4.47. The lowest BCUT2D eigenvalue weighted by molar-refractivity contribution is 0.189. The van der Waals surface area contributed by atoms with Gasteiger partial charge in [-0.05, 0) is 43.4 Å². The first-order valence-corrected chi connectivity index (χ1v) is 7.65. The quantitative estimate of drug-likeness (QED) is 0.607. The van der Waals surface area contributed by atoms with E-state index in [1.807, 2.05) is 0 Å². The van der Waals surface area contributed by atoms with Gasteiger partial charge in [0.25, 0.3) is 0 Å². The lowest BCUT2D eigenvalue weighted by Crippen LogP contribution is -1.96. The van der Waals surface area contributed by atoms with Crippen molar-refractivity contribution in [2.45, 2.75) is 26.7 Å². The van der Waals surface area contributed by atoms with Gasteiger partial charge < -0.3 is 0 Å². The number of phosphoric acid groups is 1. The molecule has 0 spiro atoms. The van der Waals surface area contributed by atoms with E-state index in [0.717, 1.165) is 12.8 Å². The highest BCUT2D eigenvalue weighted by atomic mass is 31.2. The summed E-state index contributed by atoms with van der Waals surface area (Å²) in [5.41, 5.74) is 3.86. The van der Waals surface area contributed by atoms with Gasteiger partial charge in [0.15, 0.2) is 0 Å². The number of hydrogen-bond donors (Lipinski definition) is 0. The van der Waals surface area contributed by atoms with E-state index >= 15 is 0 Å². The average molecular weight is 270 g/mol. The fourth-order valence-corrected chi connectivity index (χ4v) is 2.99. The Morgan fingerprint density at radius 3 is 2.61 bits per heavy atom. The van der Waals surface area contributed by atoms with Crippen molar-refractivity contribution in [2.24, 2.45) is 0 Å². The van der Waals surface area contributed by atoms with Crippen LogP contribution in [0.5, 0.6) is 0 Å². The van der Waals surface area contributed by atoms with Crippen molar-refractivity contribution in [1.29, 1.82) is 0 Å². The summed E-state index contributed by atoms with van der Waals surface area (Å²) in [6.07, 6.45) is 1.71. The second-order valence-corrected chi connectivity index (χ2v) is 6.14. The van der Waals surface area contributed by atoms with Crippen molar-refractivity contribution in [3.05, 3.63) is 34.9 Å². The molecule has 2 rings (SSSR count). The van der Waals surface area contributed by atoms with Crippen LogP contribution >= 0.6 is 7.82 Å². The maximum absolute atomic E-state index is 11.7. The molecule has 0 radical (unpaired) electrons. The number of benzene rings is 1. The highest BCUT2D eigenvalue weighted by molar-refractivity contribution is 7.48. The summed E-state index contributed by atoms with van der Waals surface area (Å²) in [5, 5.41) is 0. The molecule has 5 heteroatoms. The first kappa shape index (κ1) is 13.8. The Labute approximate surface area is 108 Å². The van der Waals surface area contributed by atoms with Gasteiger partial charge in [-0.25, -0.2) is 4.57 Å². The van der Waals surface area contributed by atoms with E-state index in [9.17, 15) is 4.57 Å². The molecule has 0 N–H and O–H groups in total.